The Morgan fingerprint density at radius 2 is 1.86 bits per heavy atom. The summed E-state index contributed by atoms with van der Waals surface area (Å²) in [5, 5.41) is 13.2. The van der Waals surface area contributed by atoms with Crippen molar-refractivity contribution < 1.29 is 24.1 Å². The number of hydrogen-bond acceptors (Lipinski definition) is 7. The fraction of sp³-hybridized carbons (Fsp3) is 0.238. The maximum atomic E-state index is 11.4. The van der Waals surface area contributed by atoms with Crippen LogP contribution in [0.5, 0.6) is 17.2 Å². The largest absolute Gasteiger partial charge is 0.493 e. The number of aliphatic carboxylic acids is 1. The van der Waals surface area contributed by atoms with E-state index in [2.05, 4.69) is 10.3 Å². The molecule has 7 nitrogen and oxygen atoms in total. The molecule has 0 saturated carbocycles. The van der Waals surface area contributed by atoms with Crippen molar-refractivity contribution in [2.24, 2.45) is 0 Å². The summed E-state index contributed by atoms with van der Waals surface area (Å²) >= 11 is 1.30. The first kappa shape index (κ1) is 20.5. The predicted octanol–water partition coefficient (Wildman–Crippen LogP) is 4.60. The summed E-state index contributed by atoms with van der Waals surface area (Å²) in [7, 11) is 3.12. The third-order valence-electron chi connectivity index (χ3n) is 4.09. The summed E-state index contributed by atoms with van der Waals surface area (Å²) in [6.07, 6.45) is -0.129. The van der Waals surface area contributed by atoms with Crippen LogP contribution in [0.1, 0.15) is 11.8 Å². The number of nitrogens with one attached hydrogen (secondary N) is 1. The summed E-state index contributed by atoms with van der Waals surface area (Å²) in [5.74, 6) is 0.931. The summed E-state index contributed by atoms with van der Waals surface area (Å²) in [6.45, 7) is 2.46. The number of anilines is 2. The molecule has 0 aliphatic heterocycles. The summed E-state index contributed by atoms with van der Waals surface area (Å²) in [4.78, 5) is 16.7. The average Bonchev–Trinajstić information content (AvgIpc) is 3.10. The van der Waals surface area contributed by atoms with Crippen molar-refractivity contribution in [1.82, 2.24) is 4.98 Å². The van der Waals surface area contributed by atoms with Gasteiger partial charge in [0.25, 0.3) is 0 Å². The van der Waals surface area contributed by atoms with Crippen LogP contribution in [0.2, 0.25) is 0 Å². The molecule has 0 saturated heterocycles. The van der Waals surface area contributed by atoms with E-state index in [1.165, 1.54) is 11.3 Å². The van der Waals surface area contributed by atoms with Gasteiger partial charge in [0, 0.05) is 10.4 Å². The Balaban J connectivity index is 2.00. The molecule has 29 heavy (non-hydrogen) atoms. The minimum absolute atomic E-state index is 0.129. The minimum Gasteiger partial charge on any atom is -0.493 e. The normalized spacial score (nSPS) is 10.4. The molecule has 0 radical (unpaired) electrons. The van der Waals surface area contributed by atoms with Crippen molar-refractivity contribution in [3.05, 3.63) is 47.3 Å². The summed E-state index contributed by atoms with van der Waals surface area (Å²) in [6, 6.07) is 12.9. The number of rotatable bonds is 9. The molecule has 2 aromatic carbocycles. The Kier molecular flexibility index (Phi) is 6.56. The Labute approximate surface area is 172 Å². The zero-order valence-electron chi connectivity index (χ0n) is 16.4. The number of aromatic nitrogens is 1. The molecule has 0 spiro atoms. The lowest BCUT2D eigenvalue weighted by Gasteiger charge is -2.10. The monoisotopic (exact) mass is 414 g/mol. The van der Waals surface area contributed by atoms with Crippen molar-refractivity contribution in [3.63, 3.8) is 0 Å². The molecule has 1 heterocycles. The number of methoxy groups -OCH3 is 2. The van der Waals surface area contributed by atoms with E-state index in [4.69, 9.17) is 14.2 Å². The Hall–Kier alpha value is -3.26. The molecule has 3 rings (SSSR count). The fourth-order valence-corrected chi connectivity index (χ4v) is 3.83. The quantitative estimate of drug-likeness (QED) is 0.529. The van der Waals surface area contributed by atoms with Gasteiger partial charge in [-0.3, -0.25) is 4.79 Å². The number of benzene rings is 2. The molecule has 0 amide bonds. The smallest absolute Gasteiger partial charge is 0.308 e. The van der Waals surface area contributed by atoms with E-state index >= 15 is 0 Å². The van der Waals surface area contributed by atoms with Gasteiger partial charge in [-0.15, -0.1) is 11.3 Å². The Morgan fingerprint density at radius 1 is 1.10 bits per heavy atom. The fourth-order valence-electron chi connectivity index (χ4n) is 2.84. The first-order chi connectivity index (χ1) is 14.0. The van der Waals surface area contributed by atoms with E-state index in [-0.39, 0.29) is 6.42 Å². The predicted molar refractivity (Wildman–Crippen MR) is 113 cm³/mol. The van der Waals surface area contributed by atoms with E-state index in [0.717, 1.165) is 11.3 Å². The van der Waals surface area contributed by atoms with Crippen molar-refractivity contribution >= 4 is 28.1 Å². The minimum atomic E-state index is -0.920. The maximum Gasteiger partial charge on any atom is 0.308 e. The first-order valence-electron chi connectivity index (χ1n) is 8.98. The lowest BCUT2D eigenvalue weighted by atomic mass is 10.1. The average molecular weight is 414 g/mol. The Morgan fingerprint density at radius 3 is 2.55 bits per heavy atom. The van der Waals surface area contributed by atoms with Crippen LogP contribution in [0, 0.1) is 0 Å². The highest BCUT2D eigenvalue weighted by Gasteiger charge is 2.18. The molecule has 152 valence electrons. The van der Waals surface area contributed by atoms with Crippen molar-refractivity contribution in [2.75, 3.05) is 26.1 Å². The highest BCUT2D eigenvalue weighted by Crippen LogP contribution is 2.38. The van der Waals surface area contributed by atoms with Gasteiger partial charge in [-0.1, -0.05) is 12.1 Å². The number of thiazole rings is 1. The number of nitrogens with zero attached hydrogens (tertiary/aromatic N) is 1. The Bertz CT molecular complexity index is 1000. The van der Waals surface area contributed by atoms with Gasteiger partial charge in [-0.25, -0.2) is 4.98 Å². The van der Waals surface area contributed by atoms with Crippen LogP contribution in [0.4, 0.5) is 10.8 Å². The van der Waals surface area contributed by atoms with Gasteiger partial charge in [0.1, 0.15) is 5.75 Å². The topological polar surface area (TPSA) is 89.9 Å². The van der Waals surface area contributed by atoms with Gasteiger partial charge < -0.3 is 24.6 Å². The molecule has 3 aromatic rings. The molecule has 0 aliphatic rings. The van der Waals surface area contributed by atoms with Crippen LogP contribution in [0.25, 0.3) is 11.3 Å². The van der Waals surface area contributed by atoms with E-state index in [1.807, 2.05) is 37.3 Å². The number of ether oxygens (including phenoxy) is 3. The zero-order valence-corrected chi connectivity index (χ0v) is 17.2. The van der Waals surface area contributed by atoms with E-state index in [9.17, 15) is 9.90 Å². The molecule has 2 N–H and O–H groups in total. The number of carboxylic acids is 1. The van der Waals surface area contributed by atoms with Crippen LogP contribution < -0.4 is 19.5 Å². The molecule has 0 atom stereocenters. The van der Waals surface area contributed by atoms with E-state index < -0.39 is 5.97 Å². The third-order valence-corrected chi connectivity index (χ3v) is 5.07. The van der Waals surface area contributed by atoms with Gasteiger partial charge in [-0.2, -0.15) is 0 Å². The summed E-state index contributed by atoms with van der Waals surface area (Å²) < 4.78 is 16.3. The van der Waals surface area contributed by atoms with Crippen LogP contribution in [-0.2, 0) is 11.2 Å². The van der Waals surface area contributed by atoms with Crippen LogP contribution in [0.3, 0.4) is 0 Å². The van der Waals surface area contributed by atoms with E-state index in [0.29, 0.717) is 39.6 Å². The zero-order chi connectivity index (χ0) is 20.8. The second kappa shape index (κ2) is 9.29. The molecule has 0 aliphatic carbocycles. The molecule has 8 heteroatoms. The molecular formula is C21H22N2O5S. The van der Waals surface area contributed by atoms with Crippen molar-refractivity contribution in [2.45, 2.75) is 13.3 Å². The lowest BCUT2D eigenvalue weighted by Crippen LogP contribution is -1.99. The molecule has 1 aromatic heterocycles. The number of carboxylic acid groups (broad SMARTS) is 1. The molecule has 0 fully saturated rings. The van der Waals surface area contributed by atoms with E-state index in [1.54, 1.807) is 26.4 Å². The van der Waals surface area contributed by atoms with Crippen molar-refractivity contribution in [1.29, 1.82) is 0 Å². The van der Waals surface area contributed by atoms with Gasteiger partial charge in [-0.05, 0) is 37.3 Å². The number of hydrogen-bond donors (Lipinski definition) is 2. The van der Waals surface area contributed by atoms with Crippen molar-refractivity contribution in [3.8, 4) is 28.5 Å². The van der Waals surface area contributed by atoms with Gasteiger partial charge in [0.05, 0.1) is 38.6 Å². The number of carbonyl (C=O) groups is 1. The van der Waals surface area contributed by atoms with Gasteiger partial charge in [0.2, 0.25) is 0 Å². The standard InChI is InChI=1S/C21H22N2O5S/c1-4-28-15-8-6-5-7-14(15)22-21-23-20(18(29-21)12-19(24)25)13-9-10-16(26-2)17(11-13)27-3/h5-11H,4,12H2,1-3H3,(H,22,23)(H,24,25). The van der Waals surface area contributed by atoms with Gasteiger partial charge in [0.15, 0.2) is 16.6 Å². The molecule has 0 bridgehead atoms. The van der Waals surface area contributed by atoms with Crippen LogP contribution in [-0.4, -0.2) is 36.9 Å². The van der Waals surface area contributed by atoms with Gasteiger partial charge >= 0.3 is 5.97 Å². The molecule has 0 unspecified atom stereocenters. The second-order valence-corrected chi connectivity index (χ2v) is 7.07. The molecular weight excluding hydrogens is 392 g/mol. The summed E-state index contributed by atoms with van der Waals surface area (Å²) in [5.41, 5.74) is 2.11. The van der Waals surface area contributed by atoms with Crippen LogP contribution in [0.15, 0.2) is 42.5 Å². The highest BCUT2D eigenvalue weighted by atomic mass is 32.1. The second-order valence-electron chi connectivity index (χ2n) is 5.99. The maximum absolute atomic E-state index is 11.4. The SMILES string of the molecule is CCOc1ccccc1Nc1nc(-c2ccc(OC)c(OC)c2)c(CC(=O)O)s1. The van der Waals surface area contributed by atoms with Crippen LogP contribution >= 0.6 is 11.3 Å². The number of para-hydroxylation sites is 2. The third kappa shape index (κ3) is 4.78. The highest BCUT2D eigenvalue weighted by molar-refractivity contribution is 7.16. The lowest BCUT2D eigenvalue weighted by molar-refractivity contribution is -0.136. The first-order valence-corrected chi connectivity index (χ1v) is 9.80.